The Kier molecular flexibility index (Phi) is 7.63. The zero-order valence-electron chi connectivity index (χ0n) is 12.5. The molecule has 2 N–H and O–H groups in total. The van der Waals surface area contributed by atoms with Crippen molar-refractivity contribution < 1.29 is 0 Å². The average molecular weight is 282 g/mol. The third-order valence-electron chi connectivity index (χ3n) is 2.86. The molecule has 0 aromatic carbocycles. The van der Waals surface area contributed by atoms with E-state index in [1.165, 1.54) is 0 Å². The van der Waals surface area contributed by atoms with Gasteiger partial charge in [0, 0.05) is 30.8 Å². The topological polar surface area (TPSA) is 49.8 Å². The normalized spacial score (nSPS) is 12.2. The van der Waals surface area contributed by atoms with Crippen LogP contribution in [-0.2, 0) is 6.42 Å². The summed E-state index contributed by atoms with van der Waals surface area (Å²) in [5.74, 6) is 2.77. The molecule has 0 radical (unpaired) electrons. The summed E-state index contributed by atoms with van der Waals surface area (Å²) in [5.41, 5.74) is 0. The van der Waals surface area contributed by atoms with Crippen molar-refractivity contribution in [1.82, 2.24) is 9.97 Å². The quantitative estimate of drug-likeness (QED) is 0.727. The minimum absolute atomic E-state index is 0.678. The number of nitrogens with zero attached hydrogens (tertiary/aromatic N) is 2. The van der Waals surface area contributed by atoms with Crippen LogP contribution in [0.3, 0.4) is 0 Å². The minimum Gasteiger partial charge on any atom is -0.370 e. The monoisotopic (exact) mass is 282 g/mol. The Morgan fingerprint density at radius 1 is 1.21 bits per heavy atom. The predicted molar refractivity (Wildman–Crippen MR) is 86.3 cm³/mol. The maximum absolute atomic E-state index is 4.56. The van der Waals surface area contributed by atoms with Gasteiger partial charge in [-0.15, -0.1) is 0 Å². The van der Waals surface area contributed by atoms with E-state index in [-0.39, 0.29) is 0 Å². The standard InChI is InChI=1S/C14H26N4S/c1-5-7-12-17-13(15-6-2)10-14(18-12)16-9-8-11(3)19-4/h10-11H,5-9H2,1-4H3,(H2,15,16,17,18). The highest BCUT2D eigenvalue weighted by atomic mass is 32.2. The molecule has 0 aliphatic rings. The summed E-state index contributed by atoms with van der Waals surface area (Å²) in [6.07, 6.45) is 5.29. The van der Waals surface area contributed by atoms with Gasteiger partial charge in [0.1, 0.15) is 17.5 Å². The summed E-state index contributed by atoms with van der Waals surface area (Å²) < 4.78 is 0. The summed E-state index contributed by atoms with van der Waals surface area (Å²) in [6.45, 7) is 8.31. The Bertz CT molecular complexity index is 346. The molecule has 0 fully saturated rings. The van der Waals surface area contributed by atoms with Crippen LogP contribution in [0.15, 0.2) is 6.07 Å². The number of hydrogen-bond acceptors (Lipinski definition) is 5. The van der Waals surface area contributed by atoms with Gasteiger partial charge in [0.25, 0.3) is 0 Å². The lowest BCUT2D eigenvalue weighted by Crippen LogP contribution is -2.11. The van der Waals surface area contributed by atoms with Crippen molar-refractivity contribution in [2.45, 2.75) is 45.3 Å². The van der Waals surface area contributed by atoms with Crippen molar-refractivity contribution >= 4 is 23.4 Å². The van der Waals surface area contributed by atoms with Gasteiger partial charge in [0.2, 0.25) is 0 Å². The minimum atomic E-state index is 0.678. The molecule has 1 unspecified atom stereocenters. The van der Waals surface area contributed by atoms with Crippen molar-refractivity contribution in [3.8, 4) is 0 Å². The van der Waals surface area contributed by atoms with E-state index in [0.717, 1.165) is 49.8 Å². The molecular formula is C14H26N4S. The fourth-order valence-corrected chi connectivity index (χ4v) is 2.07. The summed E-state index contributed by atoms with van der Waals surface area (Å²) in [4.78, 5) is 9.06. The second-order valence-corrected chi connectivity index (χ2v) is 5.87. The van der Waals surface area contributed by atoms with E-state index in [2.05, 4.69) is 47.6 Å². The van der Waals surface area contributed by atoms with Crippen LogP contribution in [0.25, 0.3) is 0 Å². The molecule has 1 aromatic rings. The lowest BCUT2D eigenvalue weighted by Gasteiger charge is -2.12. The van der Waals surface area contributed by atoms with E-state index in [9.17, 15) is 0 Å². The Morgan fingerprint density at radius 2 is 1.89 bits per heavy atom. The van der Waals surface area contributed by atoms with Crippen molar-refractivity contribution in [2.24, 2.45) is 0 Å². The molecule has 19 heavy (non-hydrogen) atoms. The Labute approximate surface area is 121 Å². The number of thioether (sulfide) groups is 1. The first-order chi connectivity index (χ1) is 9.19. The highest BCUT2D eigenvalue weighted by molar-refractivity contribution is 7.99. The van der Waals surface area contributed by atoms with E-state index >= 15 is 0 Å². The van der Waals surface area contributed by atoms with Gasteiger partial charge in [-0.1, -0.05) is 13.8 Å². The molecule has 0 bridgehead atoms. The van der Waals surface area contributed by atoms with Crippen LogP contribution in [0.5, 0.6) is 0 Å². The number of aromatic nitrogens is 2. The Morgan fingerprint density at radius 3 is 2.47 bits per heavy atom. The van der Waals surface area contributed by atoms with E-state index in [4.69, 9.17) is 0 Å². The number of anilines is 2. The van der Waals surface area contributed by atoms with Gasteiger partial charge in [-0.05, 0) is 26.0 Å². The van der Waals surface area contributed by atoms with Gasteiger partial charge in [-0.3, -0.25) is 0 Å². The molecule has 4 nitrogen and oxygen atoms in total. The summed E-state index contributed by atoms with van der Waals surface area (Å²) in [5, 5.41) is 7.34. The zero-order chi connectivity index (χ0) is 14.1. The van der Waals surface area contributed by atoms with Gasteiger partial charge in [-0.25, -0.2) is 9.97 Å². The highest BCUT2D eigenvalue weighted by Gasteiger charge is 2.04. The van der Waals surface area contributed by atoms with Crippen LogP contribution in [0.1, 0.15) is 39.4 Å². The van der Waals surface area contributed by atoms with Crippen molar-refractivity contribution in [1.29, 1.82) is 0 Å². The number of rotatable bonds is 9. The van der Waals surface area contributed by atoms with Gasteiger partial charge in [0.15, 0.2) is 0 Å². The molecule has 0 aliphatic carbocycles. The fraction of sp³-hybridized carbons (Fsp3) is 0.714. The van der Waals surface area contributed by atoms with Crippen LogP contribution in [-0.4, -0.2) is 34.6 Å². The van der Waals surface area contributed by atoms with E-state index in [1.807, 2.05) is 17.8 Å². The summed E-state index contributed by atoms with van der Waals surface area (Å²) in [6, 6.07) is 1.99. The summed E-state index contributed by atoms with van der Waals surface area (Å²) >= 11 is 1.90. The van der Waals surface area contributed by atoms with Crippen LogP contribution in [0, 0.1) is 0 Å². The van der Waals surface area contributed by atoms with Crippen molar-refractivity contribution in [2.75, 3.05) is 30.0 Å². The first-order valence-corrected chi connectivity index (χ1v) is 8.36. The molecule has 5 heteroatoms. The fourth-order valence-electron chi connectivity index (χ4n) is 1.72. The lowest BCUT2D eigenvalue weighted by atomic mass is 10.3. The molecule has 108 valence electrons. The first kappa shape index (κ1) is 16.1. The number of hydrogen-bond donors (Lipinski definition) is 2. The van der Waals surface area contributed by atoms with Gasteiger partial charge in [0.05, 0.1) is 0 Å². The Balaban J connectivity index is 2.64. The van der Waals surface area contributed by atoms with Crippen molar-refractivity contribution in [3.05, 3.63) is 11.9 Å². The third-order valence-corrected chi connectivity index (χ3v) is 3.90. The SMILES string of the molecule is CCCc1nc(NCC)cc(NCCC(C)SC)n1. The van der Waals surface area contributed by atoms with Gasteiger partial charge in [-0.2, -0.15) is 11.8 Å². The maximum atomic E-state index is 4.56. The van der Waals surface area contributed by atoms with E-state index < -0.39 is 0 Å². The van der Waals surface area contributed by atoms with Gasteiger partial charge < -0.3 is 10.6 Å². The molecule has 1 heterocycles. The molecule has 1 aromatic heterocycles. The molecule has 0 saturated carbocycles. The molecule has 1 atom stereocenters. The molecule has 1 rings (SSSR count). The van der Waals surface area contributed by atoms with Crippen LogP contribution < -0.4 is 10.6 Å². The maximum Gasteiger partial charge on any atom is 0.133 e. The zero-order valence-corrected chi connectivity index (χ0v) is 13.3. The van der Waals surface area contributed by atoms with E-state index in [0.29, 0.717) is 5.25 Å². The number of nitrogens with one attached hydrogen (secondary N) is 2. The predicted octanol–water partition coefficient (Wildman–Crippen LogP) is 3.41. The Hall–Kier alpha value is -0.970. The largest absolute Gasteiger partial charge is 0.370 e. The second-order valence-electron chi connectivity index (χ2n) is 4.60. The van der Waals surface area contributed by atoms with Crippen LogP contribution in [0.2, 0.25) is 0 Å². The molecule has 0 saturated heterocycles. The molecular weight excluding hydrogens is 256 g/mol. The smallest absolute Gasteiger partial charge is 0.133 e. The number of aryl methyl sites for hydroxylation is 1. The lowest BCUT2D eigenvalue weighted by molar-refractivity contribution is 0.821. The van der Waals surface area contributed by atoms with Gasteiger partial charge >= 0.3 is 0 Å². The molecule has 0 aliphatic heterocycles. The van der Waals surface area contributed by atoms with Crippen molar-refractivity contribution in [3.63, 3.8) is 0 Å². The van der Waals surface area contributed by atoms with E-state index in [1.54, 1.807) is 0 Å². The second kappa shape index (κ2) is 9.02. The summed E-state index contributed by atoms with van der Waals surface area (Å²) in [7, 11) is 0. The molecule has 0 amide bonds. The van der Waals surface area contributed by atoms with Crippen LogP contribution >= 0.6 is 11.8 Å². The highest BCUT2D eigenvalue weighted by Crippen LogP contribution is 2.14. The third kappa shape index (κ3) is 6.14. The average Bonchev–Trinajstić information content (AvgIpc) is 2.39. The first-order valence-electron chi connectivity index (χ1n) is 7.08. The van der Waals surface area contributed by atoms with Crippen LogP contribution in [0.4, 0.5) is 11.6 Å². The molecule has 0 spiro atoms.